The predicted molar refractivity (Wildman–Crippen MR) is 65.8 cm³/mol. The fourth-order valence-corrected chi connectivity index (χ4v) is 2.72. The van der Waals surface area contributed by atoms with Crippen LogP contribution in [0.3, 0.4) is 0 Å². The first kappa shape index (κ1) is 14.1. The third-order valence-electron chi connectivity index (χ3n) is 3.86. The minimum absolute atomic E-state index is 0.0972. The summed E-state index contributed by atoms with van der Waals surface area (Å²) in [7, 11) is 1.65. The molecule has 0 aromatic heterocycles. The first-order valence-electron chi connectivity index (χ1n) is 6.52. The van der Waals surface area contributed by atoms with E-state index in [1.807, 2.05) is 0 Å². The molecule has 0 aromatic rings. The number of carbonyl (C=O) groups excluding carboxylic acids is 1. The molecule has 0 spiro atoms. The molecule has 2 heterocycles. The Morgan fingerprint density at radius 1 is 1.26 bits per heavy atom. The number of aliphatic hydroxyl groups is 1. The maximum Gasteiger partial charge on any atom is 0.326 e. The van der Waals surface area contributed by atoms with Crippen LogP contribution in [0, 0.1) is 0 Å². The number of urea groups is 1. The molecule has 7 nitrogen and oxygen atoms in total. The number of methoxy groups -OCH3 is 1. The molecule has 0 bridgehead atoms. The van der Waals surface area contributed by atoms with Gasteiger partial charge < -0.3 is 24.7 Å². The normalized spacial score (nSPS) is 28.7. The highest BCUT2D eigenvalue weighted by atomic mass is 16.5. The number of β-amino-alcohol motifs (C(OH)–C–C–N with tert-alkyl or cyclic N) is 1. The van der Waals surface area contributed by atoms with Gasteiger partial charge in [-0.05, 0) is 12.8 Å². The van der Waals surface area contributed by atoms with Crippen molar-refractivity contribution in [1.29, 1.82) is 0 Å². The summed E-state index contributed by atoms with van der Waals surface area (Å²) < 4.78 is 5.24. The lowest BCUT2D eigenvalue weighted by molar-refractivity contribution is -0.141. The standard InChI is InChI=1S/C12H20N2O5/c1-19-9-2-4-13(5-3-9)12(18)14-7-8(15)6-10(14)11(16)17/h8-10,15H,2-7H2,1H3,(H,16,17)/t8-,10+/m1/s1. The Hall–Kier alpha value is -1.34. The van der Waals surface area contributed by atoms with Gasteiger partial charge >= 0.3 is 12.0 Å². The SMILES string of the molecule is COC1CCN(C(=O)N2C[C@H](O)C[C@H]2C(=O)O)CC1. The summed E-state index contributed by atoms with van der Waals surface area (Å²) in [6.45, 7) is 1.23. The number of carboxylic acid groups (broad SMARTS) is 1. The minimum atomic E-state index is -1.06. The number of aliphatic carboxylic acids is 1. The highest BCUT2D eigenvalue weighted by Gasteiger charge is 2.41. The molecular weight excluding hydrogens is 252 g/mol. The zero-order chi connectivity index (χ0) is 14.0. The molecule has 19 heavy (non-hydrogen) atoms. The Morgan fingerprint density at radius 3 is 2.42 bits per heavy atom. The largest absolute Gasteiger partial charge is 0.480 e. The van der Waals surface area contributed by atoms with E-state index in [1.165, 1.54) is 4.90 Å². The number of carboxylic acids is 1. The van der Waals surface area contributed by atoms with Crippen LogP contribution in [0.1, 0.15) is 19.3 Å². The molecule has 2 amide bonds. The van der Waals surface area contributed by atoms with Gasteiger partial charge in [0.15, 0.2) is 0 Å². The first-order chi connectivity index (χ1) is 9.02. The quantitative estimate of drug-likeness (QED) is 0.722. The number of piperidine rings is 1. The maximum absolute atomic E-state index is 12.3. The van der Waals surface area contributed by atoms with Gasteiger partial charge in [-0.3, -0.25) is 0 Å². The highest BCUT2D eigenvalue weighted by molar-refractivity contribution is 5.83. The van der Waals surface area contributed by atoms with Gasteiger partial charge in [0.2, 0.25) is 0 Å². The van der Waals surface area contributed by atoms with Crippen molar-refractivity contribution in [1.82, 2.24) is 9.80 Å². The summed E-state index contributed by atoms with van der Waals surface area (Å²) >= 11 is 0. The van der Waals surface area contributed by atoms with Crippen molar-refractivity contribution in [3.8, 4) is 0 Å². The molecule has 2 N–H and O–H groups in total. The Labute approximate surface area is 111 Å². The van der Waals surface area contributed by atoms with Gasteiger partial charge in [-0.1, -0.05) is 0 Å². The number of rotatable bonds is 2. The van der Waals surface area contributed by atoms with E-state index in [9.17, 15) is 14.7 Å². The van der Waals surface area contributed by atoms with E-state index in [-0.39, 0.29) is 25.1 Å². The number of nitrogens with zero attached hydrogens (tertiary/aromatic N) is 2. The zero-order valence-corrected chi connectivity index (χ0v) is 11.0. The number of carbonyl (C=O) groups is 2. The molecule has 2 aliphatic rings. The van der Waals surface area contributed by atoms with E-state index in [1.54, 1.807) is 12.0 Å². The average molecular weight is 272 g/mol. The van der Waals surface area contributed by atoms with Crippen LogP contribution < -0.4 is 0 Å². The van der Waals surface area contributed by atoms with E-state index in [4.69, 9.17) is 9.84 Å². The molecule has 0 saturated carbocycles. The van der Waals surface area contributed by atoms with Crippen LogP contribution in [0.25, 0.3) is 0 Å². The second-order valence-corrected chi connectivity index (χ2v) is 5.10. The third-order valence-corrected chi connectivity index (χ3v) is 3.86. The van der Waals surface area contributed by atoms with Crippen LogP contribution in [-0.4, -0.2) is 77.0 Å². The van der Waals surface area contributed by atoms with E-state index in [2.05, 4.69) is 0 Å². The fraction of sp³-hybridized carbons (Fsp3) is 0.833. The molecule has 0 aliphatic carbocycles. The van der Waals surface area contributed by atoms with Crippen molar-refractivity contribution in [2.75, 3.05) is 26.7 Å². The summed E-state index contributed by atoms with van der Waals surface area (Å²) in [6, 6.07) is -1.21. The molecule has 108 valence electrons. The van der Waals surface area contributed by atoms with E-state index < -0.39 is 18.1 Å². The van der Waals surface area contributed by atoms with Gasteiger partial charge in [-0.25, -0.2) is 9.59 Å². The molecule has 2 fully saturated rings. The first-order valence-corrected chi connectivity index (χ1v) is 6.52. The third kappa shape index (κ3) is 2.98. The number of ether oxygens (including phenoxy) is 1. The molecule has 0 unspecified atom stereocenters. The molecular formula is C12H20N2O5. The molecule has 2 rings (SSSR count). The monoisotopic (exact) mass is 272 g/mol. The van der Waals surface area contributed by atoms with Gasteiger partial charge in [0, 0.05) is 33.2 Å². The van der Waals surface area contributed by atoms with Gasteiger partial charge in [-0.2, -0.15) is 0 Å². The minimum Gasteiger partial charge on any atom is -0.480 e. The second-order valence-electron chi connectivity index (χ2n) is 5.10. The van der Waals surface area contributed by atoms with Gasteiger partial charge in [0.25, 0.3) is 0 Å². The van der Waals surface area contributed by atoms with Crippen molar-refractivity contribution in [2.45, 2.75) is 37.5 Å². The molecule has 2 saturated heterocycles. The second kappa shape index (κ2) is 5.75. The van der Waals surface area contributed by atoms with Crippen LogP contribution >= 0.6 is 0 Å². The summed E-state index contributed by atoms with van der Waals surface area (Å²) in [5, 5.41) is 18.6. The topological polar surface area (TPSA) is 90.3 Å². The Morgan fingerprint density at radius 2 is 1.89 bits per heavy atom. The molecule has 0 radical (unpaired) electrons. The number of aliphatic hydroxyl groups excluding tert-OH is 1. The van der Waals surface area contributed by atoms with Gasteiger partial charge in [-0.15, -0.1) is 0 Å². The Kier molecular flexibility index (Phi) is 4.26. The Balaban J connectivity index is 1.97. The fourth-order valence-electron chi connectivity index (χ4n) is 2.72. The van der Waals surface area contributed by atoms with Crippen LogP contribution in [0.4, 0.5) is 4.79 Å². The summed E-state index contributed by atoms with van der Waals surface area (Å²) in [5.74, 6) is -1.06. The summed E-state index contributed by atoms with van der Waals surface area (Å²) in [5.41, 5.74) is 0. The van der Waals surface area contributed by atoms with Crippen molar-refractivity contribution in [2.24, 2.45) is 0 Å². The van der Waals surface area contributed by atoms with Crippen LogP contribution in [0.5, 0.6) is 0 Å². The number of likely N-dealkylation sites (tertiary alicyclic amines) is 2. The smallest absolute Gasteiger partial charge is 0.326 e. The summed E-state index contributed by atoms with van der Waals surface area (Å²) in [4.78, 5) is 26.3. The highest BCUT2D eigenvalue weighted by Crippen LogP contribution is 2.22. The lowest BCUT2D eigenvalue weighted by Gasteiger charge is -2.35. The lowest BCUT2D eigenvalue weighted by Crippen LogP contribution is -2.51. The van der Waals surface area contributed by atoms with Gasteiger partial charge in [0.1, 0.15) is 6.04 Å². The molecule has 2 aliphatic heterocycles. The van der Waals surface area contributed by atoms with E-state index in [0.29, 0.717) is 13.1 Å². The van der Waals surface area contributed by atoms with Crippen molar-refractivity contribution in [3.05, 3.63) is 0 Å². The lowest BCUT2D eigenvalue weighted by atomic mass is 10.1. The van der Waals surface area contributed by atoms with Crippen molar-refractivity contribution in [3.63, 3.8) is 0 Å². The number of hydrogen-bond acceptors (Lipinski definition) is 4. The predicted octanol–water partition coefficient (Wildman–Crippen LogP) is -0.263. The average Bonchev–Trinajstić information content (AvgIpc) is 2.80. The van der Waals surface area contributed by atoms with Crippen LogP contribution in [0.15, 0.2) is 0 Å². The molecule has 2 atom stereocenters. The van der Waals surface area contributed by atoms with Gasteiger partial charge in [0.05, 0.1) is 12.2 Å². The van der Waals surface area contributed by atoms with E-state index >= 15 is 0 Å². The zero-order valence-electron chi connectivity index (χ0n) is 11.0. The van der Waals surface area contributed by atoms with Crippen LogP contribution in [0.2, 0.25) is 0 Å². The molecule has 0 aromatic carbocycles. The number of hydrogen-bond donors (Lipinski definition) is 2. The summed E-state index contributed by atoms with van der Waals surface area (Å²) in [6.07, 6.45) is 1.05. The maximum atomic E-state index is 12.3. The van der Waals surface area contributed by atoms with Crippen molar-refractivity contribution < 1.29 is 24.5 Å². The van der Waals surface area contributed by atoms with Crippen LogP contribution in [-0.2, 0) is 9.53 Å². The van der Waals surface area contributed by atoms with E-state index in [0.717, 1.165) is 12.8 Å². The Bertz CT molecular complexity index is 354. The molecule has 7 heteroatoms. The number of amides is 2. The van der Waals surface area contributed by atoms with Crippen molar-refractivity contribution >= 4 is 12.0 Å².